The molecule has 0 aromatic heterocycles. The van der Waals surface area contributed by atoms with Gasteiger partial charge in [-0.2, -0.15) is 13.2 Å². The summed E-state index contributed by atoms with van der Waals surface area (Å²) in [5.74, 6) is -0.459. The van der Waals surface area contributed by atoms with Crippen LogP contribution in [0.25, 0.3) is 0 Å². The molecule has 0 aromatic carbocycles. The SMILES string of the molecule is OCCC1CCCNC1C(F)(F)F. The van der Waals surface area contributed by atoms with Crippen molar-refractivity contribution < 1.29 is 18.3 Å². The lowest BCUT2D eigenvalue weighted by molar-refractivity contribution is -0.173. The first-order chi connectivity index (χ1) is 6.05. The van der Waals surface area contributed by atoms with Crippen LogP contribution in [0.15, 0.2) is 0 Å². The van der Waals surface area contributed by atoms with E-state index >= 15 is 0 Å². The molecule has 2 atom stereocenters. The van der Waals surface area contributed by atoms with E-state index < -0.39 is 18.1 Å². The summed E-state index contributed by atoms with van der Waals surface area (Å²) in [6.45, 7) is 0.255. The van der Waals surface area contributed by atoms with Gasteiger partial charge in [-0.15, -0.1) is 0 Å². The van der Waals surface area contributed by atoms with E-state index in [4.69, 9.17) is 5.11 Å². The molecular weight excluding hydrogens is 183 g/mol. The number of hydrogen-bond acceptors (Lipinski definition) is 2. The van der Waals surface area contributed by atoms with Gasteiger partial charge in [-0.1, -0.05) is 0 Å². The average Bonchev–Trinajstić information content (AvgIpc) is 2.04. The Morgan fingerprint density at radius 3 is 2.62 bits per heavy atom. The molecule has 0 bridgehead atoms. The van der Waals surface area contributed by atoms with Crippen LogP contribution in [0.2, 0.25) is 0 Å². The monoisotopic (exact) mass is 197 g/mol. The maximum atomic E-state index is 12.4. The molecule has 0 aliphatic carbocycles. The van der Waals surface area contributed by atoms with Crippen LogP contribution >= 0.6 is 0 Å². The Labute approximate surface area is 75.1 Å². The average molecular weight is 197 g/mol. The molecule has 0 radical (unpaired) electrons. The first-order valence-corrected chi connectivity index (χ1v) is 4.46. The molecule has 1 rings (SSSR count). The lowest BCUT2D eigenvalue weighted by atomic mass is 9.88. The smallest absolute Gasteiger partial charge is 0.396 e. The molecule has 0 spiro atoms. The molecule has 0 saturated carbocycles. The van der Waals surface area contributed by atoms with Gasteiger partial charge in [0, 0.05) is 6.61 Å². The minimum Gasteiger partial charge on any atom is -0.396 e. The number of halogens is 3. The van der Waals surface area contributed by atoms with Gasteiger partial charge in [0.1, 0.15) is 6.04 Å². The van der Waals surface area contributed by atoms with E-state index in [2.05, 4.69) is 5.32 Å². The third kappa shape index (κ3) is 2.84. The molecule has 2 N–H and O–H groups in total. The largest absolute Gasteiger partial charge is 0.404 e. The second kappa shape index (κ2) is 4.28. The number of aliphatic hydroxyl groups is 1. The van der Waals surface area contributed by atoms with Crippen LogP contribution in [0, 0.1) is 5.92 Å². The summed E-state index contributed by atoms with van der Waals surface area (Å²) in [5.41, 5.74) is 0. The molecule has 1 saturated heterocycles. The van der Waals surface area contributed by atoms with E-state index in [0.29, 0.717) is 13.0 Å². The summed E-state index contributed by atoms with van der Waals surface area (Å²) < 4.78 is 37.1. The highest BCUT2D eigenvalue weighted by atomic mass is 19.4. The van der Waals surface area contributed by atoms with Crippen LogP contribution in [0.1, 0.15) is 19.3 Å². The molecule has 0 amide bonds. The Morgan fingerprint density at radius 2 is 2.08 bits per heavy atom. The van der Waals surface area contributed by atoms with Crippen molar-refractivity contribution >= 4 is 0 Å². The minimum absolute atomic E-state index is 0.168. The molecule has 2 unspecified atom stereocenters. The molecule has 1 heterocycles. The Balaban J connectivity index is 2.56. The van der Waals surface area contributed by atoms with Crippen molar-refractivity contribution in [3.05, 3.63) is 0 Å². The van der Waals surface area contributed by atoms with E-state index in [1.54, 1.807) is 0 Å². The Kier molecular flexibility index (Phi) is 3.55. The number of hydrogen-bond donors (Lipinski definition) is 2. The summed E-state index contributed by atoms with van der Waals surface area (Å²) in [4.78, 5) is 0. The molecule has 5 heteroatoms. The standard InChI is InChI=1S/C8H14F3NO/c9-8(10,11)7-6(3-5-13)2-1-4-12-7/h6-7,12-13H,1-5H2. The molecule has 13 heavy (non-hydrogen) atoms. The van der Waals surface area contributed by atoms with E-state index in [9.17, 15) is 13.2 Å². The lowest BCUT2D eigenvalue weighted by Gasteiger charge is -2.33. The fourth-order valence-corrected chi connectivity index (χ4v) is 1.81. The number of nitrogens with one attached hydrogen (secondary N) is 1. The zero-order chi connectivity index (χ0) is 9.90. The summed E-state index contributed by atoms with van der Waals surface area (Å²) in [6.07, 6.45) is -2.63. The van der Waals surface area contributed by atoms with E-state index in [1.807, 2.05) is 0 Å². The third-order valence-corrected chi connectivity index (χ3v) is 2.44. The van der Waals surface area contributed by atoms with Gasteiger partial charge in [-0.25, -0.2) is 0 Å². The topological polar surface area (TPSA) is 32.3 Å². The maximum absolute atomic E-state index is 12.4. The first kappa shape index (κ1) is 10.8. The third-order valence-electron chi connectivity index (χ3n) is 2.44. The quantitative estimate of drug-likeness (QED) is 0.699. The number of alkyl halides is 3. The van der Waals surface area contributed by atoms with Crippen LogP contribution in [0.5, 0.6) is 0 Å². The normalized spacial score (nSPS) is 30.5. The fraction of sp³-hybridized carbons (Fsp3) is 1.00. The van der Waals surface area contributed by atoms with Gasteiger partial charge in [-0.3, -0.25) is 0 Å². The fourth-order valence-electron chi connectivity index (χ4n) is 1.81. The van der Waals surface area contributed by atoms with Crippen LogP contribution in [-0.4, -0.2) is 30.5 Å². The molecule has 1 aliphatic heterocycles. The highest BCUT2D eigenvalue weighted by Crippen LogP contribution is 2.32. The van der Waals surface area contributed by atoms with Crippen molar-refractivity contribution in [2.75, 3.05) is 13.2 Å². The van der Waals surface area contributed by atoms with Gasteiger partial charge in [0.05, 0.1) is 0 Å². The van der Waals surface area contributed by atoms with Crippen LogP contribution in [0.4, 0.5) is 13.2 Å². The van der Waals surface area contributed by atoms with Crippen molar-refractivity contribution in [2.24, 2.45) is 5.92 Å². The molecule has 0 aromatic rings. The zero-order valence-corrected chi connectivity index (χ0v) is 7.27. The molecule has 78 valence electrons. The van der Waals surface area contributed by atoms with Crippen molar-refractivity contribution in [1.82, 2.24) is 5.32 Å². The minimum atomic E-state index is -4.18. The van der Waals surface area contributed by atoms with Gasteiger partial charge in [-0.05, 0) is 31.7 Å². The highest BCUT2D eigenvalue weighted by Gasteiger charge is 2.45. The van der Waals surface area contributed by atoms with Crippen LogP contribution in [0.3, 0.4) is 0 Å². The number of aliphatic hydroxyl groups excluding tert-OH is 1. The van der Waals surface area contributed by atoms with E-state index in [-0.39, 0.29) is 13.0 Å². The first-order valence-electron chi connectivity index (χ1n) is 4.46. The van der Waals surface area contributed by atoms with Gasteiger partial charge in [0.25, 0.3) is 0 Å². The summed E-state index contributed by atoms with van der Waals surface area (Å²) in [7, 11) is 0. The van der Waals surface area contributed by atoms with Crippen LogP contribution in [-0.2, 0) is 0 Å². The molecule has 1 fully saturated rings. The predicted octanol–water partition coefficient (Wildman–Crippen LogP) is 1.30. The van der Waals surface area contributed by atoms with Gasteiger partial charge < -0.3 is 10.4 Å². The van der Waals surface area contributed by atoms with Crippen LogP contribution < -0.4 is 5.32 Å². The van der Waals surface area contributed by atoms with E-state index in [1.165, 1.54) is 0 Å². The van der Waals surface area contributed by atoms with E-state index in [0.717, 1.165) is 6.42 Å². The second-order valence-corrected chi connectivity index (χ2v) is 3.39. The summed E-state index contributed by atoms with van der Waals surface area (Å²) in [6, 6.07) is -1.42. The molecular formula is C8H14F3NO. The van der Waals surface area contributed by atoms with Gasteiger partial charge in [0.15, 0.2) is 0 Å². The Morgan fingerprint density at radius 1 is 1.38 bits per heavy atom. The Bertz CT molecular complexity index is 158. The van der Waals surface area contributed by atoms with Crippen molar-refractivity contribution in [3.63, 3.8) is 0 Å². The zero-order valence-electron chi connectivity index (χ0n) is 7.27. The van der Waals surface area contributed by atoms with Gasteiger partial charge >= 0.3 is 6.18 Å². The number of piperidine rings is 1. The summed E-state index contributed by atoms with van der Waals surface area (Å²) >= 11 is 0. The van der Waals surface area contributed by atoms with Gasteiger partial charge in [0.2, 0.25) is 0 Å². The van der Waals surface area contributed by atoms with Crippen molar-refractivity contribution in [3.8, 4) is 0 Å². The summed E-state index contributed by atoms with van der Waals surface area (Å²) in [5, 5.41) is 11.1. The Hall–Kier alpha value is -0.290. The predicted molar refractivity (Wildman–Crippen MR) is 42.3 cm³/mol. The van der Waals surface area contributed by atoms with Crippen molar-refractivity contribution in [2.45, 2.75) is 31.5 Å². The molecule has 2 nitrogen and oxygen atoms in total. The second-order valence-electron chi connectivity index (χ2n) is 3.39. The number of rotatable bonds is 2. The lowest BCUT2D eigenvalue weighted by Crippen LogP contribution is -2.51. The highest BCUT2D eigenvalue weighted by molar-refractivity contribution is 4.86. The van der Waals surface area contributed by atoms with Crippen molar-refractivity contribution in [1.29, 1.82) is 0 Å². The maximum Gasteiger partial charge on any atom is 0.404 e. The molecule has 1 aliphatic rings.